The molecule has 0 saturated heterocycles. The molecular formula is C10H14NO4-. The number of amides is 1. The highest BCUT2D eigenvalue weighted by molar-refractivity contribution is 5.80. The lowest BCUT2D eigenvalue weighted by Gasteiger charge is -2.28. The fraction of sp³-hybridized carbons (Fsp3) is 0.600. The SMILES string of the molecule is CC(C)(C)OC(=O)N1C=CCC1C(=O)[O-]. The molecular weight excluding hydrogens is 198 g/mol. The first-order valence-corrected chi connectivity index (χ1v) is 4.70. The summed E-state index contributed by atoms with van der Waals surface area (Å²) in [6.45, 7) is 5.16. The van der Waals surface area contributed by atoms with Crippen LogP contribution in [0.3, 0.4) is 0 Å². The minimum atomic E-state index is -1.27. The first kappa shape index (κ1) is 11.6. The minimum Gasteiger partial charge on any atom is -0.548 e. The second-order valence-electron chi connectivity index (χ2n) is 4.34. The van der Waals surface area contributed by atoms with Gasteiger partial charge in [-0.05, 0) is 27.2 Å². The maximum atomic E-state index is 11.5. The molecule has 5 heteroatoms. The van der Waals surface area contributed by atoms with Gasteiger partial charge in [-0.3, -0.25) is 4.90 Å². The zero-order valence-corrected chi connectivity index (χ0v) is 9.02. The van der Waals surface area contributed by atoms with Crippen LogP contribution in [-0.4, -0.2) is 28.6 Å². The van der Waals surface area contributed by atoms with Gasteiger partial charge < -0.3 is 14.6 Å². The second kappa shape index (κ2) is 3.92. The van der Waals surface area contributed by atoms with Gasteiger partial charge >= 0.3 is 6.09 Å². The Balaban J connectivity index is 2.67. The first-order chi connectivity index (χ1) is 6.81. The number of carbonyl (C=O) groups is 2. The molecule has 0 aliphatic carbocycles. The van der Waals surface area contributed by atoms with E-state index < -0.39 is 23.7 Å². The smallest absolute Gasteiger partial charge is 0.414 e. The molecule has 0 aromatic heterocycles. The molecule has 1 aliphatic heterocycles. The van der Waals surface area contributed by atoms with Crippen LogP contribution < -0.4 is 5.11 Å². The van der Waals surface area contributed by atoms with Gasteiger partial charge in [0.05, 0.1) is 12.0 Å². The van der Waals surface area contributed by atoms with Crippen molar-refractivity contribution in [2.24, 2.45) is 0 Å². The molecule has 0 bridgehead atoms. The summed E-state index contributed by atoms with van der Waals surface area (Å²) < 4.78 is 5.05. The Hall–Kier alpha value is -1.52. The Bertz CT molecular complexity index is 303. The zero-order chi connectivity index (χ0) is 11.6. The number of hydrogen-bond acceptors (Lipinski definition) is 4. The highest BCUT2D eigenvalue weighted by Gasteiger charge is 2.29. The summed E-state index contributed by atoms with van der Waals surface area (Å²) in [6.07, 6.45) is 2.62. The van der Waals surface area contributed by atoms with Crippen LogP contribution >= 0.6 is 0 Å². The van der Waals surface area contributed by atoms with E-state index in [1.165, 1.54) is 6.20 Å². The van der Waals surface area contributed by atoms with Gasteiger partial charge in [-0.1, -0.05) is 6.08 Å². The molecule has 0 radical (unpaired) electrons. The molecule has 0 saturated carbocycles. The Morgan fingerprint density at radius 3 is 2.53 bits per heavy atom. The van der Waals surface area contributed by atoms with Crippen LogP contribution in [0, 0.1) is 0 Å². The Morgan fingerprint density at radius 2 is 2.07 bits per heavy atom. The Morgan fingerprint density at radius 1 is 1.47 bits per heavy atom. The van der Waals surface area contributed by atoms with Gasteiger partial charge in [0, 0.05) is 6.20 Å². The molecule has 0 spiro atoms. The van der Waals surface area contributed by atoms with Crippen LogP contribution in [0.15, 0.2) is 12.3 Å². The van der Waals surface area contributed by atoms with Crippen molar-refractivity contribution in [1.29, 1.82) is 0 Å². The van der Waals surface area contributed by atoms with Crippen molar-refractivity contribution in [3.63, 3.8) is 0 Å². The van der Waals surface area contributed by atoms with Crippen LogP contribution in [0.25, 0.3) is 0 Å². The Labute approximate surface area is 88.3 Å². The lowest BCUT2D eigenvalue weighted by atomic mass is 10.2. The molecule has 1 rings (SSSR count). The van der Waals surface area contributed by atoms with E-state index in [4.69, 9.17) is 4.74 Å². The van der Waals surface area contributed by atoms with Crippen LogP contribution in [0.2, 0.25) is 0 Å². The number of nitrogens with zero attached hydrogens (tertiary/aromatic N) is 1. The predicted molar refractivity (Wildman–Crippen MR) is 50.6 cm³/mol. The van der Waals surface area contributed by atoms with E-state index in [-0.39, 0.29) is 6.42 Å². The average Bonchev–Trinajstić information content (AvgIpc) is 2.47. The van der Waals surface area contributed by atoms with Crippen LogP contribution in [-0.2, 0) is 9.53 Å². The van der Waals surface area contributed by atoms with Crippen LogP contribution in [0.4, 0.5) is 4.79 Å². The summed E-state index contributed by atoms with van der Waals surface area (Å²) in [4.78, 5) is 23.3. The summed E-state index contributed by atoms with van der Waals surface area (Å²) >= 11 is 0. The van der Waals surface area contributed by atoms with Gasteiger partial charge in [-0.25, -0.2) is 4.79 Å². The van der Waals surface area contributed by atoms with Gasteiger partial charge in [0.25, 0.3) is 0 Å². The third kappa shape index (κ3) is 2.97. The van der Waals surface area contributed by atoms with Crippen molar-refractivity contribution >= 4 is 12.1 Å². The van der Waals surface area contributed by atoms with Gasteiger partial charge in [-0.15, -0.1) is 0 Å². The zero-order valence-electron chi connectivity index (χ0n) is 9.02. The highest BCUT2D eigenvalue weighted by atomic mass is 16.6. The van der Waals surface area contributed by atoms with Crippen LogP contribution in [0.1, 0.15) is 27.2 Å². The second-order valence-corrected chi connectivity index (χ2v) is 4.34. The molecule has 15 heavy (non-hydrogen) atoms. The number of carbonyl (C=O) groups excluding carboxylic acids is 2. The van der Waals surface area contributed by atoms with E-state index >= 15 is 0 Å². The van der Waals surface area contributed by atoms with Gasteiger partial charge in [0.15, 0.2) is 0 Å². The quantitative estimate of drug-likeness (QED) is 0.625. The topological polar surface area (TPSA) is 69.7 Å². The maximum Gasteiger partial charge on any atom is 0.414 e. The molecule has 5 nitrogen and oxygen atoms in total. The molecule has 0 aromatic rings. The largest absolute Gasteiger partial charge is 0.548 e. The van der Waals surface area contributed by atoms with E-state index in [2.05, 4.69) is 0 Å². The van der Waals surface area contributed by atoms with Gasteiger partial charge in [0.2, 0.25) is 0 Å². The van der Waals surface area contributed by atoms with Crippen molar-refractivity contribution in [3.05, 3.63) is 12.3 Å². The summed E-state index contributed by atoms with van der Waals surface area (Å²) in [6, 6.07) is -0.945. The molecule has 84 valence electrons. The monoisotopic (exact) mass is 212 g/mol. The van der Waals surface area contributed by atoms with E-state index in [9.17, 15) is 14.7 Å². The summed E-state index contributed by atoms with van der Waals surface area (Å²) in [5.74, 6) is -1.27. The average molecular weight is 212 g/mol. The van der Waals surface area contributed by atoms with Crippen LogP contribution in [0.5, 0.6) is 0 Å². The molecule has 1 amide bonds. The molecule has 1 heterocycles. The third-order valence-electron chi connectivity index (χ3n) is 1.84. The predicted octanol–water partition coefficient (Wildman–Crippen LogP) is 0.259. The number of hydrogen-bond donors (Lipinski definition) is 0. The standard InChI is InChI=1S/C10H15NO4/c1-10(2,3)15-9(14)11-6-4-5-7(11)8(12)13/h4,6-7H,5H2,1-3H3,(H,12,13)/p-1. The fourth-order valence-electron chi connectivity index (χ4n) is 1.23. The van der Waals surface area contributed by atoms with Gasteiger partial charge in [0.1, 0.15) is 5.60 Å². The van der Waals surface area contributed by atoms with Crippen molar-refractivity contribution < 1.29 is 19.4 Å². The lowest BCUT2D eigenvalue weighted by Crippen LogP contribution is -2.47. The summed E-state index contributed by atoms with van der Waals surface area (Å²) in [7, 11) is 0. The van der Waals surface area contributed by atoms with Crippen molar-refractivity contribution in [2.75, 3.05) is 0 Å². The van der Waals surface area contributed by atoms with Crippen molar-refractivity contribution in [3.8, 4) is 0 Å². The number of carboxylic acids is 1. The number of ether oxygens (including phenoxy) is 1. The van der Waals surface area contributed by atoms with E-state index in [1.807, 2.05) is 0 Å². The highest BCUT2D eigenvalue weighted by Crippen LogP contribution is 2.18. The minimum absolute atomic E-state index is 0.265. The first-order valence-electron chi connectivity index (χ1n) is 4.70. The van der Waals surface area contributed by atoms with E-state index in [0.717, 1.165) is 4.90 Å². The normalized spacial score (nSPS) is 20.5. The molecule has 0 aromatic carbocycles. The third-order valence-corrected chi connectivity index (χ3v) is 1.84. The van der Waals surface area contributed by atoms with Gasteiger partial charge in [-0.2, -0.15) is 0 Å². The summed E-state index contributed by atoms with van der Waals surface area (Å²) in [5, 5.41) is 10.7. The maximum absolute atomic E-state index is 11.5. The summed E-state index contributed by atoms with van der Waals surface area (Å²) in [5.41, 5.74) is -0.635. The number of carboxylic acid groups (broad SMARTS) is 1. The number of aliphatic carboxylic acids is 1. The van der Waals surface area contributed by atoms with E-state index in [0.29, 0.717) is 0 Å². The molecule has 0 N–H and O–H groups in total. The number of rotatable bonds is 1. The Kier molecular flexibility index (Phi) is 3.02. The van der Waals surface area contributed by atoms with Crippen molar-refractivity contribution in [1.82, 2.24) is 4.90 Å². The molecule has 0 fully saturated rings. The lowest BCUT2D eigenvalue weighted by molar-refractivity contribution is -0.310. The molecule has 1 unspecified atom stereocenters. The fourth-order valence-corrected chi connectivity index (χ4v) is 1.23. The molecule has 1 aliphatic rings. The van der Waals surface area contributed by atoms with E-state index in [1.54, 1.807) is 26.8 Å². The van der Waals surface area contributed by atoms with Crippen molar-refractivity contribution in [2.45, 2.75) is 38.8 Å². The molecule has 1 atom stereocenters.